The number of nitrogens with zero attached hydrogens (tertiary/aromatic N) is 1. The Bertz CT molecular complexity index is 293. The van der Waals surface area contributed by atoms with Crippen LogP contribution in [0.5, 0.6) is 0 Å². The SMILES string of the molecule is COC(C)(C)CC(=O)Cc1cncs1. The molecule has 1 aromatic rings. The molecule has 0 saturated heterocycles. The van der Waals surface area contributed by atoms with E-state index in [-0.39, 0.29) is 11.4 Å². The lowest BCUT2D eigenvalue weighted by molar-refractivity contribution is -0.123. The van der Waals surface area contributed by atoms with Gasteiger partial charge in [-0.1, -0.05) is 0 Å². The first-order chi connectivity index (χ1) is 6.53. The van der Waals surface area contributed by atoms with E-state index in [9.17, 15) is 4.79 Å². The molecule has 0 aliphatic rings. The number of rotatable bonds is 5. The molecule has 0 aliphatic carbocycles. The third kappa shape index (κ3) is 3.55. The van der Waals surface area contributed by atoms with Crippen LogP contribution in [0.2, 0.25) is 0 Å². The number of ether oxygens (including phenoxy) is 1. The highest BCUT2D eigenvalue weighted by Crippen LogP contribution is 2.16. The van der Waals surface area contributed by atoms with Gasteiger partial charge in [0.05, 0.1) is 11.1 Å². The molecule has 4 heteroatoms. The number of ketones is 1. The zero-order valence-corrected chi connectivity index (χ0v) is 9.56. The van der Waals surface area contributed by atoms with Crippen LogP contribution in [0.1, 0.15) is 25.1 Å². The summed E-state index contributed by atoms with van der Waals surface area (Å²) in [6.07, 6.45) is 2.65. The molecule has 0 fully saturated rings. The van der Waals surface area contributed by atoms with Gasteiger partial charge in [-0.3, -0.25) is 9.78 Å². The molecule has 78 valence electrons. The Labute approximate surface area is 88.1 Å². The van der Waals surface area contributed by atoms with Gasteiger partial charge in [0.25, 0.3) is 0 Å². The summed E-state index contributed by atoms with van der Waals surface area (Å²) in [5, 5.41) is 0. The van der Waals surface area contributed by atoms with Crippen molar-refractivity contribution in [2.75, 3.05) is 7.11 Å². The number of hydrogen-bond acceptors (Lipinski definition) is 4. The first kappa shape index (κ1) is 11.3. The minimum atomic E-state index is -0.359. The van der Waals surface area contributed by atoms with Gasteiger partial charge in [-0.15, -0.1) is 11.3 Å². The van der Waals surface area contributed by atoms with Crippen molar-refractivity contribution in [3.05, 3.63) is 16.6 Å². The second kappa shape index (κ2) is 4.66. The van der Waals surface area contributed by atoms with Crippen LogP contribution in [0.25, 0.3) is 0 Å². The van der Waals surface area contributed by atoms with E-state index in [2.05, 4.69) is 4.98 Å². The van der Waals surface area contributed by atoms with Crippen molar-refractivity contribution >= 4 is 17.1 Å². The Morgan fingerprint density at radius 2 is 2.36 bits per heavy atom. The molecule has 0 bridgehead atoms. The van der Waals surface area contributed by atoms with E-state index < -0.39 is 0 Å². The predicted molar refractivity (Wildman–Crippen MR) is 56.5 cm³/mol. The minimum absolute atomic E-state index is 0.195. The maximum Gasteiger partial charge on any atom is 0.140 e. The van der Waals surface area contributed by atoms with E-state index in [0.717, 1.165) is 4.88 Å². The minimum Gasteiger partial charge on any atom is -0.378 e. The first-order valence-corrected chi connectivity index (χ1v) is 5.36. The fourth-order valence-electron chi connectivity index (χ4n) is 1.13. The smallest absolute Gasteiger partial charge is 0.140 e. The number of carbonyl (C=O) groups excluding carboxylic acids is 1. The Kier molecular flexibility index (Phi) is 3.77. The van der Waals surface area contributed by atoms with Crippen molar-refractivity contribution in [3.63, 3.8) is 0 Å². The van der Waals surface area contributed by atoms with Crippen LogP contribution < -0.4 is 0 Å². The molecule has 1 aromatic heterocycles. The van der Waals surface area contributed by atoms with Crippen molar-refractivity contribution in [1.82, 2.24) is 4.98 Å². The van der Waals surface area contributed by atoms with Gasteiger partial charge < -0.3 is 4.74 Å². The molecular weight excluding hydrogens is 198 g/mol. The number of carbonyl (C=O) groups is 1. The molecular formula is C10H15NO2S. The van der Waals surface area contributed by atoms with Crippen molar-refractivity contribution in [2.24, 2.45) is 0 Å². The third-order valence-electron chi connectivity index (χ3n) is 2.03. The van der Waals surface area contributed by atoms with Gasteiger partial charge >= 0.3 is 0 Å². The molecule has 0 amide bonds. The Hall–Kier alpha value is -0.740. The maximum absolute atomic E-state index is 11.6. The van der Waals surface area contributed by atoms with Crippen LogP contribution in [0, 0.1) is 0 Å². The van der Waals surface area contributed by atoms with E-state index in [0.29, 0.717) is 12.8 Å². The highest BCUT2D eigenvalue weighted by molar-refractivity contribution is 7.09. The lowest BCUT2D eigenvalue weighted by Crippen LogP contribution is -2.26. The number of thiazole rings is 1. The molecule has 3 nitrogen and oxygen atoms in total. The summed E-state index contributed by atoms with van der Waals surface area (Å²) in [6, 6.07) is 0. The summed E-state index contributed by atoms with van der Waals surface area (Å²) >= 11 is 1.51. The van der Waals surface area contributed by atoms with Crippen molar-refractivity contribution in [1.29, 1.82) is 0 Å². The molecule has 0 spiro atoms. The van der Waals surface area contributed by atoms with Crippen molar-refractivity contribution in [2.45, 2.75) is 32.3 Å². The zero-order chi connectivity index (χ0) is 10.6. The molecule has 0 atom stereocenters. The number of Topliss-reactive ketones (excluding diaryl/α,β-unsaturated/α-hetero) is 1. The van der Waals surface area contributed by atoms with Gasteiger partial charge in [-0.2, -0.15) is 0 Å². The molecule has 0 saturated carbocycles. The number of hydrogen-bond donors (Lipinski definition) is 0. The Morgan fingerprint density at radius 3 is 2.86 bits per heavy atom. The van der Waals surface area contributed by atoms with Gasteiger partial charge in [0.2, 0.25) is 0 Å². The second-order valence-corrected chi connectivity index (χ2v) is 4.79. The highest BCUT2D eigenvalue weighted by atomic mass is 32.1. The van der Waals surface area contributed by atoms with Crippen molar-refractivity contribution in [3.8, 4) is 0 Å². The van der Waals surface area contributed by atoms with E-state index in [1.165, 1.54) is 11.3 Å². The van der Waals surface area contributed by atoms with E-state index in [4.69, 9.17) is 4.74 Å². The molecule has 0 aromatic carbocycles. The monoisotopic (exact) mass is 213 g/mol. The van der Waals surface area contributed by atoms with Crippen LogP contribution in [-0.4, -0.2) is 23.5 Å². The molecule has 14 heavy (non-hydrogen) atoms. The molecule has 0 unspecified atom stereocenters. The highest BCUT2D eigenvalue weighted by Gasteiger charge is 2.21. The standard InChI is InChI=1S/C10H15NO2S/c1-10(2,13-3)5-8(12)4-9-6-11-7-14-9/h6-7H,4-5H2,1-3H3. The maximum atomic E-state index is 11.6. The second-order valence-electron chi connectivity index (χ2n) is 3.82. The van der Waals surface area contributed by atoms with Gasteiger partial charge in [-0.05, 0) is 13.8 Å². The summed E-state index contributed by atoms with van der Waals surface area (Å²) in [5.74, 6) is 0.195. The van der Waals surface area contributed by atoms with Crippen LogP contribution in [-0.2, 0) is 16.0 Å². The average molecular weight is 213 g/mol. The average Bonchev–Trinajstić information content (AvgIpc) is 2.55. The van der Waals surface area contributed by atoms with Crippen LogP contribution >= 0.6 is 11.3 Å². The molecule has 1 rings (SSSR count). The molecule has 1 heterocycles. The largest absolute Gasteiger partial charge is 0.378 e. The van der Waals surface area contributed by atoms with Gasteiger partial charge in [0.1, 0.15) is 5.78 Å². The summed E-state index contributed by atoms with van der Waals surface area (Å²) in [5.41, 5.74) is 1.38. The van der Waals surface area contributed by atoms with Gasteiger partial charge in [-0.25, -0.2) is 0 Å². The Morgan fingerprint density at radius 1 is 1.64 bits per heavy atom. The van der Waals surface area contributed by atoms with Crippen LogP contribution in [0.15, 0.2) is 11.7 Å². The first-order valence-electron chi connectivity index (χ1n) is 4.48. The van der Waals surface area contributed by atoms with Gasteiger partial charge in [0, 0.05) is 31.0 Å². The lowest BCUT2D eigenvalue weighted by Gasteiger charge is -2.21. The fourth-order valence-corrected chi connectivity index (χ4v) is 1.76. The Balaban J connectivity index is 2.44. The predicted octanol–water partition coefficient (Wildman–Crippen LogP) is 2.07. The number of methoxy groups -OCH3 is 1. The fraction of sp³-hybridized carbons (Fsp3) is 0.600. The van der Waals surface area contributed by atoms with E-state index >= 15 is 0 Å². The molecule has 0 N–H and O–H groups in total. The summed E-state index contributed by atoms with van der Waals surface area (Å²) < 4.78 is 5.19. The zero-order valence-electron chi connectivity index (χ0n) is 8.74. The normalized spacial score (nSPS) is 11.6. The van der Waals surface area contributed by atoms with Crippen LogP contribution in [0.4, 0.5) is 0 Å². The van der Waals surface area contributed by atoms with E-state index in [1.54, 1.807) is 18.8 Å². The van der Waals surface area contributed by atoms with Crippen molar-refractivity contribution < 1.29 is 9.53 Å². The van der Waals surface area contributed by atoms with Gasteiger partial charge in [0.15, 0.2) is 0 Å². The lowest BCUT2D eigenvalue weighted by atomic mass is 10.00. The van der Waals surface area contributed by atoms with Crippen LogP contribution in [0.3, 0.4) is 0 Å². The molecule has 0 aliphatic heterocycles. The van der Waals surface area contributed by atoms with E-state index in [1.807, 2.05) is 13.8 Å². The summed E-state index contributed by atoms with van der Waals surface area (Å²) in [7, 11) is 1.62. The summed E-state index contributed by atoms with van der Waals surface area (Å²) in [4.78, 5) is 16.5. The quantitative estimate of drug-likeness (QED) is 0.751. The summed E-state index contributed by atoms with van der Waals surface area (Å²) in [6.45, 7) is 3.83. The topological polar surface area (TPSA) is 39.2 Å². The third-order valence-corrected chi connectivity index (χ3v) is 2.81. The molecule has 0 radical (unpaired) electrons. The number of aromatic nitrogens is 1.